The maximum atomic E-state index is 11.9. The van der Waals surface area contributed by atoms with Crippen LogP contribution in [0.5, 0.6) is 0 Å². The third kappa shape index (κ3) is 5.16. The Hall–Kier alpha value is -2.18. The van der Waals surface area contributed by atoms with Crippen molar-refractivity contribution in [3.05, 3.63) is 53.6 Å². The molecule has 0 saturated carbocycles. The van der Waals surface area contributed by atoms with E-state index in [0.717, 1.165) is 38.3 Å². The van der Waals surface area contributed by atoms with Gasteiger partial charge < -0.3 is 20.1 Å². The van der Waals surface area contributed by atoms with E-state index in [1.165, 1.54) is 18.4 Å². The zero-order valence-electron chi connectivity index (χ0n) is 15.7. The number of nitrogens with one attached hydrogen (secondary N) is 2. The average Bonchev–Trinajstić information content (AvgIpc) is 3.14. The summed E-state index contributed by atoms with van der Waals surface area (Å²) in [5, 5.41) is 3.62. The molecule has 6 heteroatoms. The molecule has 0 spiro atoms. The van der Waals surface area contributed by atoms with Crippen LogP contribution in [-0.2, 0) is 13.0 Å². The van der Waals surface area contributed by atoms with E-state index in [4.69, 9.17) is 0 Å². The molecule has 1 amide bonds. The molecule has 2 aromatic rings. The Morgan fingerprint density at radius 1 is 1.23 bits per heavy atom. The van der Waals surface area contributed by atoms with Crippen molar-refractivity contribution in [3.8, 4) is 0 Å². The second-order valence-corrected chi connectivity index (χ2v) is 7.20. The first kappa shape index (κ1) is 18.6. The predicted octanol–water partition coefficient (Wildman–Crippen LogP) is 1.91. The maximum Gasteiger partial charge on any atom is 0.269 e. The van der Waals surface area contributed by atoms with Gasteiger partial charge in [-0.05, 0) is 62.2 Å². The maximum absolute atomic E-state index is 11.9. The van der Waals surface area contributed by atoms with Crippen LogP contribution >= 0.6 is 0 Å². The molecule has 1 fully saturated rings. The molecule has 140 valence electrons. The molecule has 1 aliphatic rings. The molecule has 2 aromatic heterocycles. The van der Waals surface area contributed by atoms with Gasteiger partial charge in [0.05, 0.1) is 0 Å². The Labute approximate surface area is 155 Å². The number of aromatic nitrogens is 2. The van der Waals surface area contributed by atoms with Gasteiger partial charge >= 0.3 is 0 Å². The summed E-state index contributed by atoms with van der Waals surface area (Å²) in [6.07, 6.45) is 7.15. The minimum absolute atomic E-state index is 0.0127. The van der Waals surface area contributed by atoms with Crippen molar-refractivity contribution >= 4 is 5.91 Å². The number of amides is 1. The van der Waals surface area contributed by atoms with Crippen LogP contribution in [0.3, 0.4) is 0 Å². The summed E-state index contributed by atoms with van der Waals surface area (Å²) in [5.41, 5.74) is 3.07. The Balaban J connectivity index is 1.37. The lowest BCUT2D eigenvalue weighted by Gasteiger charge is -2.32. The van der Waals surface area contributed by atoms with E-state index in [9.17, 15) is 4.79 Å². The number of H-pyrrole nitrogens is 1. The summed E-state index contributed by atoms with van der Waals surface area (Å²) >= 11 is 0. The molecule has 3 rings (SSSR count). The molecular formula is C20H29N5O. The highest BCUT2D eigenvalue weighted by Crippen LogP contribution is 2.12. The van der Waals surface area contributed by atoms with Crippen LogP contribution < -0.4 is 5.32 Å². The van der Waals surface area contributed by atoms with Crippen LogP contribution in [-0.4, -0.2) is 65.4 Å². The summed E-state index contributed by atoms with van der Waals surface area (Å²) in [4.78, 5) is 23.3. The summed E-state index contributed by atoms with van der Waals surface area (Å²) in [7, 11) is 3.53. The van der Waals surface area contributed by atoms with Crippen LogP contribution in [0.1, 0.15) is 34.6 Å². The van der Waals surface area contributed by atoms with Crippen LogP contribution in [0.2, 0.25) is 0 Å². The molecule has 0 radical (unpaired) electrons. The highest BCUT2D eigenvalue weighted by Gasteiger charge is 2.19. The SMILES string of the molecule is CN(C)C(=O)c1ccc(CNC2CCN(CCc3ccncc3)CC2)[nH]1. The molecule has 0 aliphatic carbocycles. The summed E-state index contributed by atoms with van der Waals surface area (Å²) < 4.78 is 0. The van der Waals surface area contributed by atoms with Crippen molar-refractivity contribution < 1.29 is 4.79 Å². The minimum atomic E-state index is 0.0127. The second-order valence-electron chi connectivity index (χ2n) is 7.20. The van der Waals surface area contributed by atoms with E-state index in [1.54, 1.807) is 19.0 Å². The number of carbonyl (C=O) groups is 1. The number of rotatable bonds is 7. The third-order valence-electron chi connectivity index (χ3n) is 5.02. The van der Waals surface area contributed by atoms with Gasteiger partial charge in [-0.15, -0.1) is 0 Å². The Morgan fingerprint density at radius 3 is 2.65 bits per heavy atom. The Bertz CT molecular complexity index is 689. The van der Waals surface area contributed by atoms with Gasteiger partial charge in [-0.25, -0.2) is 0 Å². The Morgan fingerprint density at radius 2 is 1.96 bits per heavy atom. The Kier molecular flexibility index (Phi) is 6.41. The molecule has 0 unspecified atom stereocenters. The largest absolute Gasteiger partial charge is 0.353 e. The highest BCUT2D eigenvalue weighted by molar-refractivity contribution is 5.92. The predicted molar refractivity (Wildman–Crippen MR) is 103 cm³/mol. The van der Waals surface area contributed by atoms with Gasteiger partial charge in [0, 0.05) is 51.3 Å². The molecule has 2 N–H and O–H groups in total. The highest BCUT2D eigenvalue weighted by atomic mass is 16.2. The minimum Gasteiger partial charge on any atom is -0.353 e. The lowest BCUT2D eigenvalue weighted by Crippen LogP contribution is -2.42. The number of nitrogens with zero attached hydrogens (tertiary/aromatic N) is 3. The lowest BCUT2D eigenvalue weighted by molar-refractivity contribution is 0.0822. The lowest BCUT2D eigenvalue weighted by atomic mass is 10.0. The fraction of sp³-hybridized carbons (Fsp3) is 0.500. The quantitative estimate of drug-likeness (QED) is 0.796. The van der Waals surface area contributed by atoms with Crippen molar-refractivity contribution in [3.63, 3.8) is 0 Å². The van der Waals surface area contributed by atoms with E-state index in [2.05, 4.69) is 32.3 Å². The number of hydrogen-bond acceptors (Lipinski definition) is 4. The molecule has 26 heavy (non-hydrogen) atoms. The average molecular weight is 355 g/mol. The second kappa shape index (κ2) is 8.96. The topological polar surface area (TPSA) is 64.3 Å². The molecule has 3 heterocycles. The normalized spacial score (nSPS) is 15.9. The van der Waals surface area contributed by atoms with Crippen molar-refractivity contribution in [2.24, 2.45) is 0 Å². The van der Waals surface area contributed by atoms with Crippen LogP contribution in [0.4, 0.5) is 0 Å². The van der Waals surface area contributed by atoms with Gasteiger partial charge in [-0.3, -0.25) is 9.78 Å². The van der Waals surface area contributed by atoms with Crippen LogP contribution in [0.15, 0.2) is 36.7 Å². The number of aromatic amines is 1. The molecular weight excluding hydrogens is 326 g/mol. The van der Waals surface area contributed by atoms with Gasteiger partial charge in [0.2, 0.25) is 0 Å². The number of likely N-dealkylation sites (tertiary alicyclic amines) is 1. The van der Waals surface area contributed by atoms with E-state index in [1.807, 2.05) is 24.5 Å². The van der Waals surface area contributed by atoms with Gasteiger partial charge in [0.15, 0.2) is 0 Å². The van der Waals surface area contributed by atoms with Gasteiger partial charge in [-0.2, -0.15) is 0 Å². The third-order valence-corrected chi connectivity index (χ3v) is 5.02. The number of hydrogen-bond donors (Lipinski definition) is 2. The monoisotopic (exact) mass is 355 g/mol. The number of pyridine rings is 1. The summed E-state index contributed by atoms with van der Waals surface area (Å²) in [5.74, 6) is 0.0127. The van der Waals surface area contributed by atoms with E-state index in [-0.39, 0.29) is 5.91 Å². The summed E-state index contributed by atoms with van der Waals surface area (Å²) in [6, 6.07) is 8.60. The first-order chi connectivity index (χ1) is 12.6. The fourth-order valence-electron chi connectivity index (χ4n) is 3.36. The molecule has 6 nitrogen and oxygen atoms in total. The fourth-order valence-corrected chi connectivity index (χ4v) is 3.36. The number of piperidine rings is 1. The van der Waals surface area contributed by atoms with Gasteiger partial charge in [-0.1, -0.05) is 0 Å². The summed E-state index contributed by atoms with van der Waals surface area (Å²) in [6.45, 7) is 4.17. The zero-order valence-corrected chi connectivity index (χ0v) is 15.7. The standard InChI is InChI=1S/C20H29N5O/c1-24(2)20(26)19-4-3-18(23-19)15-22-17-8-13-25(14-9-17)12-7-16-5-10-21-11-6-16/h3-6,10-11,17,22-23H,7-9,12-15H2,1-2H3. The van der Waals surface area contributed by atoms with Gasteiger partial charge in [0.25, 0.3) is 5.91 Å². The van der Waals surface area contributed by atoms with Crippen molar-refractivity contribution in [2.45, 2.75) is 31.8 Å². The molecule has 1 aliphatic heterocycles. The van der Waals surface area contributed by atoms with Crippen LogP contribution in [0, 0.1) is 0 Å². The first-order valence-electron chi connectivity index (χ1n) is 9.36. The first-order valence-corrected chi connectivity index (χ1v) is 9.36. The smallest absolute Gasteiger partial charge is 0.269 e. The van der Waals surface area contributed by atoms with Crippen LogP contribution in [0.25, 0.3) is 0 Å². The van der Waals surface area contributed by atoms with E-state index < -0.39 is 0 Å². The van der Waals surface area contributed by atoms with Crippen molar-refractivity contribution in [1.29, 1.82) is 0 Å². The van der Waals surface area contributed by atoms with Gasteiger partial charge in [0.1, 0.15) is 5.69 Å². The zero-order chi connectivity index (χ0) is 18.4. The van der Waals surface area contributed by atoms with E-state index >= 15 is 0 Å². The molecule has 1 saturated heterocycles. The number of carbonyl (C=O) groups excluding carboxylic acids is 1. The van der Waals surface area contributed by atoms with Crippen molar-refractivity contribution in [2.75, 3.05) is 33.7 Å². The molecule has 0 bridgehead atoms. The van der Waals surface area contributed by atoms with E-state index in [0.29, 0.717) is 11.7 Å². The molecule has 0 atom stereocenters. The van der Waals surface area contributed by atoms with Crippen molar-refractivity contribution in [1.82, 2.24) is 25.1 Å². The molecule has 0 aromatic carbocycles.